The van der Waals surface area contributed by atoms with E-state index in [0.29, 0.717) is 26.1 Å². The highest BCUT2D eigenvalue weighted by Crippen LogP contribution is 2.30. The SMILES string of the molecule is CC(C)N(C(=O)CN1CCC(C)(C(=O)O)C1)C(C)C. The maximum absolute atomic E-state index is 12.3. The molecule has 1 aliphatic rings. The summed E-state index contributed by atoms with van der Waals surface area (Å²) in [5.41, 5.74) is -0.708. The van der Waals surface area contributed by atoms with Crippen LogP contribution >= 0.6 is 0 Å². The normalized spacial score (nSPS) is 24.2. The second kappa shape index (κ2) is 5.90. The standard InChI is InChI=1S/C14H26N2O3/c1-10(2)16(11(3)4)12(17)8-15-7-6-14(5,9-15)13(18)19/h10-11H,6-9H2,1-5H3,(H,18,19). The highest BCUT2D eigenvalue weighted by molar-refractivity contribution is 5.79. The molecule has 110 valence electrons. The van der Waals surface area contributed by atoms with Crippen LogP contribution in [0.5, 0.6) is 0 Å². The van der Waals surface area contributed by atoms with Gasteiger partial charge >= 0.3 is 5.97 Å². The summed E-state index contributed by atoms with van der Waals surface area (Å²) in [6.45, 7) is 11.2. The lowest BCUT2D eigenvalue weighted by molar-refractivity contribution is -0.147. The number of nitrogens with zero attached hydrogens (tertiary/aromatic N) is 2. The molecule has 1 saturated heterocycles. The van der Waals surface area contributed by atoms with Crippen LogP contribution in [0, 0.1) is 5.41 Å². The van der Waals surface area contributed by atoms with Crippen molar-refractivity contribution in [3.05, 3.63) is 0 Å². The Labute approximate surface area is 115 Å². The van der Waals surface area contributed by atoms with Gasteiger partial charge in [0.1, 0.15) is 0 Å². The van der Waals surface area contributed by atoms with Crippen molar-refractivity contribution in [2.45, 2.75) is 53.1 Å². The molecule has 0 aliphatic carbocycles. The van der Waals surface area contributed by atoms with E-state index < -0.39 is 11.4 Å². The number of carbonyl (C=O) groups is 2. The Morgan fingerprint density at radius 2 is 1.79 bits per heavy atom. The molecule has 1 amide bonds. The minimum absolute atomic E-state index is 0.0830. The Hall–Kier alpha value is -1.10. The summed E-state index contributed by atoms with van der Waals surface area (Å²) in [6, 6.07) is 0.335. The smallest absolute Gasteiger partial charge is 0.310 e. The van der Waals surface area contributed by atoms with Crippen molar-refractivity contribution >= 4 is 11.9 Å². The van der Waals surface area contributed by atoms with Gasteiger partial charge in [0.05, 0.1) is 12.0 Å². The fraction of sp³-hybridized carbons (Fsp3) is 0.857. The second-order valence-electron chi connectivity index (χ2n) is 6.31. The molecule has 0 spiro atoms. The molecular weight excluding hydrogens is 244 g/mol. The number of carboxylic acids is 1. The number of carbonyl (C=O) groups excluding carboxylic acids is 1. The Kier molecular flexibility index (Phi) is 4.96. The maximum Gasteiger partial charge on any atom is 0.310 e. The molecule has 0 aromatic rings. The fourth-order valence-corrected chi connectivity index (χ4v) is 2.81. The quantitative estimate of drug-likeness (QED) is 0.821. The monoisotopic (exact) mass is 270 g/mol. The first-order chi connectivity index (χ1) is 8.67. The largest absolute Gasteiger partial charge is 0.481 e. The van der Waals surface area contributed by atoms with Gasteiger partial charge in [0.15, 0.2) is 0 Å². The molecule has 1 fully saturated rings. The molecule has 0 aromatic heterocycles. The fourth-order valence-electron chi connectivity index (χ4n) is 2.81. The van der Waals surface area contributed by atoms with Crippen molar-refractivity contribution in [2.24, 2.45) is 5.41 Å². The van der Waals surface area contributed by atoms with E-state index in [-0.39, 0.29) is 18.0 Å². The van der Waals surface area contributed by atoms with E-state index in [1.54, 1.807) is 6.92 Å². The number of carboxylic acid groups (broad SMARTS) is 1. The van der Waals surface area contributed by atoms with Crippen LogP contribution in [0.1, 0.15) is 41.0 Å². The summed E-state index contributed by atoms with van der Waals surface area (Å²) in [4.78, 5) is 27.3. The van der Waals surface area contributed by atoms with E-state index in [4.69, 9.17) is 0 Å². The second-order valence-corrected chi connectivity index (χ2v) is 6.31. The number of rotatable bonds is 5. The predicted molar refractivity (Wildman–Crippen MR) is 73.9 cm³/mol. The number of hydrogen-bond acceptors (Lipinski definition) is 3. The maximum atomic E-state index is 12.3. The first-order valence-corrected chi connectivity index (χ1v) is 6.94. The van der Waals surface area contributed by atoms with Crippen LogP contribution in [0.4, 0.5) is 0 Å². The van der Waals surface area contributed by atoms with Crippen LogP contribution in [-0.4, -0.2) is 58.5 Å². The summed E-state index contributed by atoms with van der Waals surface area (Å²) in [6.07, 6.45) is 0.610. The van der Waals surface area contributed by atoms with Gasteiger partial charge in [-0.15, -0.1) is 0 Å². The molecule has 1 rings (SSSR count). The molecule has 1 heterocycles. The number of aliphatic carboxylic acids is 1. The third kappa shape index (κ3) is 3.69. The molecule has 0 saturated carbocycles. The van der Waals surface area contributed by atoms with Crippen LogP contribution in [0.15, 0.2) is 0 Å². The third-order valence-corrected chi connectivity index (χ3v) is 3.83. The third-order valence-electron chi connectivity index (χ3n) is 3.83. The summed E-state index contributed by atoms with van der Waals surface area (Å²) in [5.74, 6) is -0.688. The zero-order valence-electron chi connectivity index (χ0n) is 12.6. The van der Waals surface area contributed by atoms with Crippen molar-refractivity contribution in [3.63, 3.8) is 0 Å². The van der Waals surface area contributed by atoms with E-state index in [0.717, 1.165) is 0 Å². The molecule has 1 N–H and O–H groups in total. The van der Waals surface area contributed by atoms with Crippen molar-refractivity contribution in [1.82, 2.24) is 9.80 Å². The van der Waals surface area contributed by atoms with Gasteiger partial charge in [0.25, 0.3) is 0 Å². The number of hydrogen-bond donors (Lipinski definition) is 1. The Morgan fingerprint density at radius 3 is 2.16 bits per heavy atom. The predicted octanol–water partition coefficient (Wildman–Crippen LogP) is 1.43. The van der Waals surface area contributed by atoms with Gasteiger partial charge in [0.2, 0.25) is 5.91 Å². The Bertz CT molecular complexity index is 347. The first kappa shape index (κ1) is 16.0. The van der Waals surface area contributed by atoms with Crippen molar-refractivity contribution in [1.29, 1.82) is 0 Å². The van der Waals surface area contributed by atoms with E-state index in [1.165, 1.54) is 0 Å². The van der Waals surface area contributed by atoms with Crippen LogP contribution < -0.4 is 0 Å². The number of amides is 1. The average molecular weight is 270 g/mol. The van der Waals surface area contributed by atoms with Crippen LogP contribution in [0.25, 0.3) is 0 Å². The van der Waals surface area contributed by atoms with Crippen LogP contribution in [0.2, 0.25) is 0 Å². The zero-order valence-corrected chi connectivity index (χ0v) is 12.6. The lowest BCUT2D eigenvalue weighted by atomic mass is 9.90. The van der Waals surface area contributed by atoms with Gasteiger partial charge in [-0.2, -0.15) is 0 Å². The summed E-state index contributed by atoms with van der Waals surface area (Å²) in [5, 5.41) is 9.19. The van der Waals surface area contributed by atoms with Gasteiger partial charge < -0.3 is 10.0 Å². The molecule has 5 heteroatoms. The van der Waals surface area contributed by atoms with Crippen molar-refractivity contribution in [2.75, 3.05) is 19.6 Å². The molecule has 19 heavy (non-hydrogen) atoms. The van der Waals surface area contributed by atoms with Crippen molar-refractivity contribution < 1.29 is 14.7 Å². The van der Waals surface area contributed by atoms with Gasteiger partial charge in [-0.1, -0.05) is 0 Å². The summed E-state index contributed by atoms with van der Waals surface area (Å²) in [7, 11) is 0. The lowest BCUT2D eigenvalue weighted by Crippen LogP contribution is -2.47. The van der Waals surface area contributed by atoms with E-state index in [9.17, 15) is 14.7 Å². The molecule has 1 atom stereocenters. The molecule has 1 unspecified atom stereocenters. The molecular formula is C14H26N2O3. The topological polar surface area (TPSA) is 60.9 Å². The highest BCUT2D eigenvalue weighted by atomic mass is 16.4. The van der Waals surface area contributed by atoms with E-state index >= 15 is 0 Å². The molecule has 5 nitrogen and oxygen atoms in total. The lowest BCUT2D eigenvalue weighted by Gasteiger charge is -2.32. The van der Waals surface area contributed by atoms with Gasteiger partial charge in [-0.3, -0.25) is 14.5 Å². The van der Waals surface area contributed by atoms with Gasteiger partial charge in [-0.05, 0) is 47.6 Å². The van der Waals surface area contributed by atoms with E-state index in [2.05, 4.69) is 0 Å². The Balaban J connectivity index is 2.62. The molecule has 0 bridgehead atoms. The van der Waals surface area contributed by atoms with Gasteiger partial charge in [-0.25, -0.2) is 0 Å². The van der Waals surface area contributed by atoms with Crippen LogP contribution in [-0.2, 0) is 9.59 Å². The minimum atomic E-state index is -0.771. The highest BCUT2D eigenvalue weighted by Gasteiger charge is 2.41. The zero-order chi connectivity index (χ0) is 14.8. The van der Waals surface area contributed by atoms with E-state index in [1.807, 2.05) is 37.5 Å². The molecule has 0 radical (unpaired) electrons. The molecule has 1 aliphatic heterocycles. The summed E-state index contributed by atoms with van der Waals surface area (Å²) < 4.78 is 0. The van der Waals surface area contributed by atoms with Gasteiger partial charge in [0, 0.05) is 18.6 Å². The molecule has 0 aromatic carbocycles. The first-order valence-electron chi connectivity index (χ1n) is 6.94. The van der Waals surface area contributed by atoms with Crippen LogP contribution in [0.3, 0.4) is 0 Å². The average Bonchev–Trinajstić information content (AvgIpc) is 2.60. The summed E-state index contributed by atoms with van der Waals surface area (Å²) >= 11 is 0. The Morgan fingerprint density at radius 1 is 1.26 bits per heavy atom. The number of likely N-dealkylation sites (tertiary alicyclic amines) is 1. The van der Waals surface area contributed by atoms with Crippen molar-refractivity contribution in [3.8, 4) is 0 Å². The minimum Gasteiger partial charge on any atom is -0.481 e.